The average molecular weight is 383 g/mol. The maximum Gasteiger partial charge on any atom is 0.226 e. The number of nitrogens with one attached hydrogen (secondary N) is 1. The minimum atomic E-state index is 0.135. The van der Waals surface area contributed by atoms with Crippen LogP contribution in [0.3, 0.4) is 0 Å². The van der Waals surface area contributed by atoms with Gasteiger partial charge in [0.25, 0.3) is 0 Å². The Morgan fingerprint density at radius 3 is 2.89 bits per heavy atom. The van der Waals surface area contributed by atoms with Crippen LogP contribution in [0.5, 0.6) is 0 Å². The zero-order valence-electron chi connectivity index (χ0n) is 16.5. The maximum absolute atomic E-state index is 12.3. The van der Waals surface area contributed by atoms with E-state index in [1.54, 1.807) is 0 Å². The fraction of sp³-hybridized carbons (Fsp3) is 0.591. The molecule has 1 aromatic heterocycles. The summed E-state index contributed by atoms with van der Waals surface area (Å²) >= 11 is 0. The number of rotatable bonds is 7. The van der Waals surface area contributed by atoms with E-state index >= 15 is 0 Å². The molecular weight excluding hydrogens is 352 g/mol. The van der Waals surface area contributed by atoms with Crippen LogP contribution >= 0.6 is 0 Å². The van der Waals surface area contributed by atoms with Gasteiger partial charge in [0.1, 0.15) is 0 Å². The molecule has 1 aromatic carbocycles. The van der Waals surface area contributed by atoms with E-state index in [-0.39, 0.29) is 5.91 Å². The van der Waals surface area contributed by atoms with E-state index in [0.29, 0.717) is 36.5 Å². The quantitative estimate of drug-likeness (QED) is 0.794. The van der Waals surface area contributed by atoms with Gasteiger partial charge in [-0.15, -0.1) is 0 Å². The summed E-state index contributed by atoms with van der Waals surface area (Å²) in [6.45, 7) is 3.30. The molecule has 0 saturated carbocycles. The van der Waals surface area contributed by atoms with E-state index in [2.05, 4.69) is 20.4 Å². The third kappa shape index (κ3) is 4.79. The smallest absolute Gasteiger partial charge is 0.226 e. The van der Waals surface area contributed by atoms with Crippen LogP contribution in [0.1, 0.15) is 50.8 Å². The summed E-state index contributed by atoms with van der Waals surface area (Å²) in [7, 11) is 0. The molecule has 1 N–H and O–H groups in total. The number of hydrogen-bond acceptors (Lipinski definition) is 5. The monoisotopic (exact) mass is 382 g/mol. The molecule has 0 aliphatic carbocycles. The first kappa shape index (κ1) is 19.1. The number of amides is 1. The van der Waals surface area contributed by atoms with E-state index in [4.69, 9.17) is 4.52 Å². The lowest BCUT2D eigenvalue weighted by molar-refractivity contribution is -0.121. The standard InChI is InChI=1S/C22H30N4O2/c27-20(23-16-18-10-7-15-26-14-5-4-11-19(18)26)12-6-13-21-24-22(25-28-21)17-8-2-1-3-9-17/h1-3,8-9,18-19H,4-7,10-16H2,(H,23,27). The third-order valence-electron chi connectivity index (χ3n) is 6.08. The van der Waals surface area contributed by atoms with Crippen LogP contribution in [-0.4, -0.2) is 46.6 Å². The van der Waals surface area contributed by atoms with Crippen molar-refractivity contribution < 1.29 is 9.32 Å². The zero-order valence-corrected chi connectivity index (χ0v) is 16.5. The molecular formula is C22H30N4O2. The number of benzene rings is 1. The van der Waals surface area contributed by atoms with Gasteiger partial charge in [-0.05, 0) is 51.1 Å². The highest BCUT2D eigenvalue weighted by molar-refractivity contribution is 5.75. The Morgan fingerprint density at radius 2 is 2.00 bits per heavy atom. The van der Waals surface area contributed by atoms with Crippen molar-refractivity contribution >= 4 is 5.91 Å². The minimum Gasteiger partial charge on any atom is -0.356 e. The highest BCUT2D eigenvalue weighted by Gasteiger charge is 2.32. The Bertz CT molecular complexity index is 759. The molecule has 2 atom stereocenters. The molecule has 28 heavy (non-hydrogen) atoms. The summed E-state index contributed by atoms with van der Waals surface area (Å²) in [5, 5.41) is 7.20. The molecule has 0 radical (unpaired) electrons. The van der Waals surface area contributed by atoms with Gasteiger partial charge in [-0.3, -0.25) is 4.79 Å². The Hall–Kier alpha value is -2.21. The van der Waals surface area contributed by atoms with Gasteiger partial charge in [0.2, 0.25) is 17.6 Å². The fourth-order valence-corrected chi connectivity index (χ4v) is 4.61. The van der Waals surface area contributed by atoms with Crippen molar-refractivity contribution in [3.05, 3.63) is 36.2 Å². The van der Waals surface area contributed by atoms with Crippen LogP contribution < -0.4 is 5.32 Å². The van der Waals surface area contributed by atoms with Crippen molar-refractivity contribution in [2.75, 3.05) is 19.6 Å². The van der Waals surface area contributed by atoms with Gasteiger partial charge in [0.15, 0.2) is 0 Å². The first-order chi connectivity index (χ1) is 13.8. The second-order valence-corrected chi connectivity index (χ2v) is 8.04. The summed E-state index contributed by atoms with van der Waals surface area (Å²) in [4.78, 5) is 19.3. The van der Waals surface area contributed by atoms with Crippen molar-refractivity contribution in [2.45, 2.75) is 57.4 Å². The van der Waals surface area contributed by atoms with Crippen molar-refractivity contribution in [3.8, 4) is 11.4 Å². The number of piperidine rings is 2. The number of nitrogens with zero attached hydrogens (tertiary/aromatic N) is 3. The summed E-state index contributed by atoms with van der Waals surface area (Å²) in [6.07, 6.45) is 8.32. The molecule has 2 unspecified atom stereocenters. The van der Waals surface area contributed by atoms with Gasteiger partial charge in [-0.2, -0.15) is 4.98 Å². The van der Waals surface area contributed by atoms with Gasteiger partial charge in [-0.1, -0.05) is 41.9 Å². The molecule has 0 spiro atoms. The molecule has 1 amide bonds. The molecule has 2 aliphatic heterocycles. The van der Waals surface area contributed by atoms with Crippen LogP contribution in [0.15, 0.2) is 34.9 Å². The molecule has 2 fully saturated rings. The van der Waals surface area contributed by atoms with Gasteiger partial charge in [-0.25, -0.2) is 0 Å². The number of aromatic nitrogens is 2. The first-order valence-electron chi connectivity index (χ1n) is 10.7. The summed E-state index contributed by atoms with van der Waals surface area (Å²) in [5.41, 5.74) is 0.944. The van der Waals surface area contributed by atoms with Gasteiger partial charge >= 0.3 is 0 Å². The second-order valence-electron chi connectivity index (χ2n) is 8.04. The van der Waals surface area contributed by atoms with E-state index in [1.165, 1.54) is 45.2 Å². The van der Waals surface area contributed by atoms with Crippen LogP contribution in [0.25, 0.3) is 11.4 Å². The third-order valence-corrected chi connectivity index (χ3v) is 6.08. The predicted molar refractivity (Wildman–Crippen MR) is 108 cm³/mol. The topological polar surface area (TPSA) is 71.3 Å². The SMILES string of the molecule is O=C(CCCc1nc(-c2ccccc2)no1)NCC1CCCN2CCCCC12. The number of carbonyl (C=O) groups excluding carboxylic acids is 1. The lowest BCUT2D eigenvalue weighted by Crippen LogP contribution is -2.50. The largest absolute Gasteiger partial charge is 0.356 e. The van der Waals surface area contributed by atoms with E-state index in [9.17, 15) is 4.79 Å². The van der Waals surface area contributed by atoms with Crippen LogP contribution in [0, 0.1) is 5.92 Å². The first-order valence-corrected chi connectivity index (χ1v) is 10.7. The van der Waals surface area contributed by atoms with E-state index < -0.39 is 0 Å². The molecule has 2 aliphatic rings. The molecule has 0 bridgehead atoms. The highest BCUT2D eigenvalue weighted by Crippen LogP contribution is 2.30. The summed E-state index contributed by atoms with van der Waals surface area (Å²) < 4.78 is 5.32. The molecule has 6 nitrogen and oxygen atoms in total. The van der Waals surface area contributed by atoms with Crippen molar-refractivity contribution in [3.63, 3.8) is 0 Å². The van der Waals surface area contributed by atoms with E-state index in [0.717, 1.165) is 18.5 Å². The fourth-order valence-electron chi connectivity index (χ4n) is 4.61. The van der Waals surface area contributed by atoms with Gasteiger partial charge in [0.05, 0.1) is 0 Å². The van der Waals surface area contributed by atoms with Gasteiger partial charge < -0.3 is 14.7 Å². The lowest BCUT2D eigenvalue weighted by Gasteiger charge is -2.44. The Labute approximate surface area is 166 Å². The zero-order chi connectivity index (χ0) is 19.2. The highest BCUT2D eigenvalue weighted by atomic mass is 16.5. The molecule has 3 heterocycles. The maximum atomic E-state index is 12.3. The van der Waals surface area contributed by atoms with Crippen molar-refractivity contribution in [1.29, 1.82) is 0 Å². The minimum absolute atomic E-state index is 0.135. The molecule has 2 saturated heterocycles. The van der Waals surface area contributed by atoms with Crippen molar-refractivity contribution in [1.82, 2.24) is 20.4 Å². The lowest BCUT2D eigenvalue weighted by atomic mass is 9.83. The van der Waals surface area contributed by atoms with Gasteiger partial charge in [0, 0.05) is 31.0 Å². The number of carbonyl (C=O) groups is 1. The van der Waals surface area contributed by atoms with Crippen molar-refractivity contribution in [2.24, 2.45) is 5.92 Å². The molecule has 150 valence electrons. The molecule has 2 aromatic rings. The Balaban J connectivity index is 1.18. The Morgan fingerprint density at radius 1 is 1.14 bits per heavy atom. The normalized spacial score (nSPS) is 22.6. The van der Waals surface area contributed by atoms with Crippen LogP contribution in [0.2, 0.25) is 0 Å². The molecule has 6 heteroatoms. The summed E-state index contributed by atoms with van der Waals surface area (Å²) in [6, 6.07) is 10.5. The predicted octanol–water partition coefficient (Wildman–Crippen LogP) is 3.44. The Kier molecular flexibility index (Phi) is 6.37. The second kappa shape index (κ2) is 9.32. The summed E-state index contributed by atoms with van der Waals surface area (Å²) in [5.74, 6) is 1.95. The van der Waals surface area contributed by atoms with Crippen LogP contribution in [0.4, 0.5) is 0 Å². The number of fused-ring (bicyclic) bond motifs is 1. The molecule has 4 rings (SSSR count). The van der Waals surface area contributed by atoms with Crippen LogP contribution in [-0.2, 0) is 11.2 Å². The number of hydrogen-bond donors (Lipinski definition) is 1. The average Bonchev–Trinajstić information content (AvgIpc) is 3.22. The number of aryl methyl sites for hydroxylation is 1. The van der Waals surface area contributed by atoms with E-state index in [1.807, 2.05) is 30.3 Å².